The molecule has 102 valence electrons. The molecule has 1 heterocycles. The number of thiophene rings is 1. The highest BCUT2D eigenvalue weighted by atomic mass is 32.1. The molecule has 1 N–H and O–H groups in total. The van der Waals surface area contributed by atoms with Crippen molar-refractivity contribution in [2.45, 2.75) is 19.3 Å². The molecule has 0 spiro atoms. The van der Waals surface area contributed by atoms with Crippen LogP contribution in [0, 0.1) is 0 Å². The predicted molar refractivity (Wildman–Crippen MR) is 69.5 cm³/mol. The Kier molecular flexibility index (Phi) is 3.99. The number of hydrogen-bond donors (Lipinski definition) is 1. The van der Waals surface area contributed by atoms with Crippen molar-refractivity contribution in [1.29, 1.82) is 0 Å². The Bertz CT molecular complexity index is 508. The van der Waals surface area contributed by atoms with E-state index in [1.807, 2.05) is 23.8 Å². The summed E-state index contributed by atoms with van der Waals surface area (Å²) in [6, 6.07) is 7.82. The normalized spacial score (nSPS) is 13.1. The summed E-state index contributed by atoms with van der Waals surface area (Å²) < 4.78 is 39.9. The fraction of sp³-hybridized carbons (Fsp3) is 0.231. The molecule has 0 radical (unpaired) electrons. The Hall–Kier alpha value is -1.69. The molecule has 0 aliphatic rings. The van der Waals surface area contributed by atoms with E-state index in [9.17, 15) is 13.2 Å². The van der Waals surface area contributed by atoms with Crippen molar-refractivity contribution in [3.63, 3.8) is 0 Å². The van der Waals surface area contributed by atoms with Crippen LogP contribution < -0.4 is 10.1 Å². The Morgan fingerprint density at radius 3 is 2.37 bits per heavy atom. The molecule has 0 bridgehead atoms. The lowest BCUT2D eigenvalue weighted by Gasteiger charge is -2.15. The minimum Gasteiger partial charge on any atom is -0.406 e. The SMILES string of the molecule is CC(Nc1ccsc1)c1ccc(OC(F)(F)F)cc1. The lowest BCUT2D eigenvalue weighted by atomic mass is 10.1. The van der Waals surface area contributed by atoms with Crippen molar-refractivity contribution in [3.05, 3.63) is 46.7 Å². The zero-order chi connectivity index (χ0) is 13.9. The first-order valence-corrected chi connectivity index (χ1v) is 6.53. The van der Waals surface area contributed by atoms with Crippen molar-refractivity contribution < 1.29 is 17.9 Å². The Morgan fingerprint density at radius 1 is 1.16 bits per heavy atom. The average Bonchev–Trinajstić information content (AvgIpc) is 2.80. The van der Waals surface area contributed by atoms with Gasteiger partial charge in [0.15, 0.2) is 0 Å². The molecular formula is C13H12F3NOS. The summed E-state index contributed by atoms with van der Waals surface area (Å²) in [5, 5.41) is 7.18. The van der Waals surface area contributed by atoms with E-state index in [0.29, 0.717) is 0 Å². The number of nitrogens with one attached hydrogen (secondary N) is 1. The van der Waals surface area contributed by atoms with Crippen LogP contribution in [0.1, 0.15) is 18.5 Å². The molecule has 0 fully saturated rings. The molecule has 2 aromatic rings. The summed E-state index contributed by atoms with van der Waals surface area (Å²) in [6.45, 7) is 1.94. The molecule has 6 heteroatoms. The molecule has 2 nitrogen and oxygen atoms in total. The third kappa shape index (κ3) is 4.17. The van der Waals surface area contributed by atoms with E-state index in [0.717, 1.165) is 11.3 Å². The summed E-state index contributed by atoms with van der Waals surface area (Å²) in [5.74, 6) is -0.209. The Labute approximate surface area is 112 Å². The maximum Gasteiger partial charge on any atom is 0.573 e. The van der Waals surface area contributed by atoms with E-state index in [1.54, 1.807) is 23.5 Å². The van der Waals surface area contributed by atoms with Gasteiger partial charge in [-0.1, -0.05) is 12.1 Å². The lowest BCUT2D eigenvalue weighted by Crippen LogP contribution is -2.17. The largest absolute Gasteiger partial charge is 0.573 e. The zero-order valence-electron chi connectivity index (χ0n) is 10.1. The fourth-order valence-corrected chi connectivity index (χ4v) is 2.24. The monoisotopic (exact) mass is 287 g/mol. The summed E-state index contributed by atoms with van der Waals surface area (Å²) in [7, 11) is 0. The van der Waals surface area contributed by atoms with Crippen LogP contribution in [0.5, 0.6) is 5.75 Å². The van der Waals surface area contributed by atoms with Crippen LogP contribution in [-0.2, 0) is 0 Å². The number of rotatable bonds is 4. The first kappa shape index (κ1) is 13.7. The van der Waals surface area contributed by atoms with Crippen LogP contribution in [0.15, 0.2) is 41.1 Å². The van der Waals surface area contributed by atoms with Crippen molar-refractivity contribution in [2.24, 2.45) is 0 Å². The van der Waals surface area contributed by atoms with Gasteiger partial charge in [-0.05, 0) is 36.1 Å². The molecule has 1 atom stereocenters. The van der Waals surface area contributed by atoms with Gasteiger partial charge in [0.1, 0.15) is 5.75 Å². The van der Waals surface area contributed by atoms with Gasteiger partial charge in [-0.2, -0.15) is 11.3 Å². The summed E-state index contributed by atoms with van der Waals surface area (Å²) >= 11 is 1.58. The van der Waals surface area contributed by atoms with E-state index < -0.39 is 6.36 Å². The highest BCUT2D eigenvalue weighted by molar-refractivity contribution is 7.08. The molecule has 0 aliphatic carbocycles. The third-order valence-corrected chi connectivity index (χ3v) is 3.20. The molecule has 2 rings (SSSR count). The van der Waals surface area contributed by atoms with Gasteiger partial charge in [-0.25, -0.2) is 0 Å². The average molecular weight is 287 g/mol. The van der Waals surface area contributed by atoms with E-state index in [-0.39, 0.29) is 11.8 Å². The van der Waals surface area contributed by atoms with E-state index in [1.165, 1.54) is 12.1 Å². The first-order valence-electron chi connectivity index (χ1n) is 5.58. The maximum absolute atomic E-state index is 12.0. The summed E-state index contributed by atoms with van der Waals surface area (Å²) in [6.07, 6.45) is -4.65. The van der Waals surface area contributed by atoms with Gasteiger partial charge in [0, 0.05) is 17.1 Å². The molecular weight excluding hydrogens is 275 g/mol. The number of hydrogen-bond acceptors (Lipinski definition) is 3. The van der Waals surface area contributed by atoms with Crippen LogP contribution >= 0.6 is 11.3 Å². The predicted octanol–water partition coefficient (Wildman–Crippen LogP) is 4.82. The fourth-order valence-electron chi connectivity index (χ4n) is 1.64. The van der Waals surface area contributed by atoms with Crippen molar-refractivity contribution in [1.82, 2.24) is 0 Å². The van der Waals surface area contributed by atoms with Gasteiger partial charge >= 0.3 is 6.36 Å². The topological polar surface area (TPSA) is 21.3 Å². The number of alkyl halides is 3. The van der Waals surface area contributed by atoms with Gasteiger partial charge in [0.25, 0.3) is 0 Å². The number of benzene rings is 1. The number of halogens is 3. The quantitative estimate of drug-likeness (QED) is 0.870. The van der Waals surface area contributed by atoms with Crippen LogP contribution in [0.25, 0.3) is 0 Å². The van der Waals surface area contributed by atoms with E-state index in [4.69, 9.17) is 0 Å². The van der Waals surface area contributed by atoms with Gasteiger partial charge in [0.2, 0.25) is 0 Å². The molecule has 1 aromatic heterocycles. The van der Waals surface area contributed by atoms with E-state index in [2.05, 4.69) is 10.1 Å². The van der Waals surface area contributed by atoms with Crippen LogP contribution in [0.3, 0.4) is 0 Å². The van der Waals surface area contributed by atoms with Gasteiger partial charge < -0.3 is 10.1 Å². The highest BCUT2D eigenvalue weighted by Gasteiger charge is 2.30. The highest BCUT2D eigenvalue weighted by Crippen LogP contribution is 2.26. The van der Waals surface area contributed by atoms with Crippen molar-refractivity contribution >= 4 is 17.0 Å². The van der Waals surface area contributed by atoms with Crippen LogP contribution in [0.2, 0.25) is 0 Å². The second-order valence-electron chi connectivity index (χ2n) is 3.99. The zero-order valence-corrected chi connectivity index (χ0v) is 10.9. The Morgan fingerprint density at radius 2 is 1.84 bits per heavy atom. The lowest BCUT2D eigenvalue weighted by molar-refractivity contribution is -0.274. The summed E-state index contributed by atoms with van der Waals surface area (Å²) in [4.78, 5) is 0. The maximum atomic E-state index is 12.0. The van der Waals surface area contributed by atoms with E-state index >= 15 is 0 Å². The third-order valence-electron chi connectivity index (χ3n) is 2.52. The van der Waals surface area contributed by atoms with Gasteiger partial charge in [-0.3, -0.25) is 0 Å². The summed E-state index contributed by atoms with van der Waals surface area (Å²) in [5.41, 5.74) is 1.88. The standard InChI is InChI=1S/C13H12F3NOS/c1-9(17-11-6-7-19-8-11)10-2-4-12(5-3-10)18-13(14,15)16/h2-9,17H,1H3. The smallest absolute Gasteiger partial charge is 0.406 e. The second-order valence-corrected chi connectivity index (χ2v) is 4.77. The van der Waals surface area contributed by atoms with Crippen molar-refractivity contribution in [2.75, 3.05) is 5.32 Å². The Balaban J connectivity index is 2.01. The van der Waals surface area contributed by atoms with Gasteiger partial charge in [0.05, 0.1) is 0 Å². The van der Waals surface area contributed by atoms with Crippen LogP contribution in [-0.4, -0.2) is 6.36 Å². The first-order chi connectivity index (χ1) is 8.94. The molecule has 0 aliphatic heterocycles. The molecule has 1 unspecified atom stereocenters. The number of anilines is 1. The molecule has 0 saturated carbocycles. The second kappa shape index (κ2) is 5.52. The molecule has 0 amide bonds. The van der Waals surface area contributed by atoms with Gasteiger partial charge in [-0.15, -0.1) is 13.2 Å². The molecule has 1 aromatic carbocycles. The van der Waals surface area contributed by atoms with Crippen molar-refractivity contribution in [3.8, 4) is 5.75 Å². The van der Waals surface area contributed by atoms with Crippen LogP contribution in [0.4, 0.5) is 18.9 Å². The minimum absolute atomic E-state index is 0.00883. The minimum atomic E-state index is -4.65. The number of ether oxygens (including phenoxy) is 1. The molecule has 0 saturated heterocycles. The molecule has 19 heavy (non-hydrogen) atoms.